The molecule has 0 aliphatic heterocycles. The van der Waals surface area contributed by atoms with Gasteiger partial charge in [0, 0.05) is 17.9 Å². The van der Waals surface area contributed by atoms with E-state index in [2.05, 4.69) is 15.3 Å². The van der Waals surface area contributed by atoms with Crippen molar-refractivity contribution in [2.24, 2.45) is 0 Å². The molecule has 0 saturated carbocycles. The average molecular weight is 300 g/mol. The van der Waals surface area contributed by atoms with E-state index in [-0.39, 0.29) is 24.1 Å². The second-order valence-corrected chi connectivity index (χ2v) is 4.98. The summed E-state index contributed by atoms with van der Waals surface area (Å²) >= 11 is 5.85. The number of nitrogens with one attached hydrogen (secondary N) is 1. The molecule has 1 aromatic heterocycles. The maximum atomic E-state index is 11.9. The molecule has 1 heterocycles. The maximum Gasteiger partial charge on any atom is 0.441 e. The van der Waals surface area contributed by atoms with Crippen LogP contribution < -0.4 is 5.32 Å². The molecule has 0 fully saturated rings. The van der Waals surface area contributed by atoms with Crippen LogP contribution in [0.5, 0.6) is 0 Å². The molecule has 1 N–H and O–H groups in total. The van der Waals surface area contributed by atoms with Gasteiger partial charge in [0.25, 0.3) is 0 Å². The van der Waals surface area contributed by atoms with Crippen LogP contribution in [0.4, 0.5) is 19.0 Å². The normalized spacial score (nSPS) is 11.6. The summed E-state index contributed by atoms with van der Waals surface area (Å²) in [7, 11) is 0. The van der Waals surface area contributed by atoms with E-state index >= 15 is 0 Å². The van der Waals surface area contributed by atoms with Gasteiger partial charge in [-0.3, -0.25) is 0 Å². The Morgan fingerprint density at radius 1 is 1.39 bits per heavy atom. The summed E-state index contributed by atoms with van der Waals surface area (Å²) in [6, 6.07) is 0. The van der Waals surface area contributed by atoms with Crippen LogP contribution in [0.1, 0.15) is 18.9 Å². The minimum absolute atomic E-state index is 0.0627. The first kappa shape index (κ1) is 15.4. The first-order valence-electron chi connectivity index (χ1n) is 5.38. The molecule has 1 rings (SSSR count). The molecule has 8 heteroatoms. The number of halogens is 4. The molecule has 0 unspecified atom stereocenters. The fraction of sp³-hybridized carbons (Fsp3) is 0.600. The van der Waals surface area contributed by atoms with Crippen molar-refractivity contribution in [1.29, 1.82) is 0 Å². The van der Waals surface area contributed by atoms with Crippen LogP contribution in [-0.2, 0) is 6.42 Å². The molecule has 0 spiro atoms. The number of alkyl halides is 3. The van der Waals surface area contributed by atoms with Crippen LogP contribution in [0, 0.1) is 0 Å². The lowest BCUT2D eigenvalue weighted by molar-refractivity contribution is -0.0327. The second kappa shape index (κ2) is 7.04. The molecule has 0 bridgehead atoms. The van der Waals surface area contributed by atoms with Crippen molar-refractivity contribution >= 4 is 29.2 Å². The van der Waals surface area contributed by atoms with Crippen LogP contribution in [0.2, 0.25) is 5.15 Å². The Hall–Kier alpha value is -0.690. The molecule has 0 amide bonds. The molecule has 0 aliphatic carbocycles. The molecule has 102 valence electrons. The summed E-state index contributed by atoms with van der Waals surface area (Å²) in [5, 5.41) is 3.20. The van der Waals surface area contributed by atoms with E-state index < -0.39 is 5.51 Å². The SMILES string of the molecule is CCCc1c(Cl)ncnc1NCCSC(F)(F)F. The minimum Gasteiger partial charge on any atom is -0.369 e. The number of anilines is 1. The van der Waals surface area contributed by atoms with Gasteiger partial charge in [0.2, 0.25) is 0 Å². The highest BCUT2D eigenvalue weighted by Gasteiger charge is 2.27. The average Bonchev–Trinajstić information content (AvgIpc) is 2.27. The largest absolute Gasteiger partial charge is 0.441 e. The Bertz CT molecular complexity index is 387. The summed E-state index contributed by atoms with van der Waals surface area (Å²) in [5.74, 6) is 0.441. The molecule has 0 radical (unpaired) electrons. The highest BCUT2D eigenvalue weighted by Crippen LogP contribution is 2.29. The van der Waals surface area contributed by atoms with Gasteiger partial charge < -0.3 is 5.32 Å². The van der Waals surface area contributed by atoms with Crippen molar-refractivity contribution in [2.45, 2.75) is 25.3 Å². The predicted octanol–water partition coefficient (Wildman–Crippen LogP) is 3.75. The quantitative estimate of drug-likeness (QED) is 0.641. The number of thioether (sulfide) groups is 1. The number of aromatic nitrogens is 2. The Labute approximate surface area is 113 Å². The zero-order valence-electron chi connectivity index (χ0n) is 9.72. The Morgan fingerprint density at radius 3 is 2.72 bits per heavy atom. The monoisotopic (exact) mass is 299 g/mol. The van der Waals surface area contributed by atoms with Crippen molar-refractivity contribution in [2.75, 3.05) is 17.6 Å². The van der Waals surface area contributed by atoms with E-state index in [1.54, 1.807) is 0 Å². The summed E-state index contributed by atoms with van der Waals surface area (Å²) < 4.78 is 35.8. The summed E-state index contributed by atoms with van der Waals surface area (Å²) in [6.45, 7) is 2.15. The van der Waals surface area contributed by atoms with Gasteiger partial charge in [0.1, 0.15) is 17.3 Å². The molecule has 0 atom stereocenters. The lowest BCUT2D eigenvalue weighted by atomic mass is 10.2. The second-order valence-electron chi connectivity index (χ2n) is 3.46. The van der Waals surface area contributed by atoms with Crippen LogP contribution in [0.25, 0.3) is 0 Å². The molecule has 3 nitrogen and oxygen atoms in total. The molecule has 0 saturated heterocycles. The number of nitrogens with zero attached hydrogens (tertiary/aromatic N) is 2. The van der Waals surface area contributed by atoms with E-state index in [1.807, 2.05) is 6.92 Å². The zero-order valence-corrected chi connectivity index (χ0v) is 11.3. The Morgan fingerprint density at radius 2 is 2.11 bits per heavy atom. The van der Waals surface area contributed by atoms with Crippen LogP contribution in [-0.4, -0.2) is 27.8 Å². The van der Waals surface area contributed by atoms with Crippen LogP contribution >= 0.6 is 23.4 Å². The molecule has 18 heavy (non-hydrogen) atoms. The molecule has 1 aromatic rings. The molecule has 0 aromatic carbocycles. The number of hydrogen-bond acceptors (Lipinski definition) is 4. The summed E-state index contributed by atoms with van der Waals surface area (Å²) in [5.41, 5.74) is -3.45. The lowest BCUT2D eigenvalue weighted by Gasteiger charge is -2.11. The molecular weight excluding hydrogens is 287 g/mol. The van der Waals surface area contributed by atoms with Crippen molar-refractivity contribution in [1.82, 2.24) is 9.97 Å². The van der Waals surface area contributed by atoms with Gasteiger partial charge in [0.15, 0.2) is 0 Å². The van der Waals surface area contributed by atoms with Gasteiger partial charge in [-0.15, -0.1) is 0 Å². The van der Waals surface area contributed by atoms with Gasteiger partial charge in [0.05, 0.1) is 0 Å². The number of rotatable bonds is 6. The van der Waals surface area contributed by atoms with E-state index in [9.17, 15) is 13.2 Å². The van der Waals surface area contributed by atoms with Crippen molar-refractivity contribution in [3.05, 3.63) is 17.0 Å². The minimum atomic E-state index is -4.20. The van der Waals surface area contributed by atoms with E-state index in [4.69, 9.17) is 11.6 Å². The summed E-state index contributed by atoms with van der Waals surface area (Å²) in [6.07, 6.45) is 2.84. The Kier molecular flexibility index (Phi) is 6.01. The standard InChI is InChI=1S/C10H13ClF3N3S/c1-2-3-7-8(11)16-6-17-9(7)15-4-5-18-10(12,13)14/h6H,2-5H2,1H3,(H,15,16,17). The van der Waals surface area contributed by atoms with E-state index in [0.717, 1.165) is 12.0 Å². The van der Waals surface area contributed by atoms with E-state index in [1.165, 1.54) is 6.33 Å². The topological polar surface area (TPSA) is 37.8 Å². The van der Waals surface area contributed by atoms with Crippen molar-refractivity contribution in [3.63, 3.8) is 0 Å². The third-order valence-electron chi connectivity index (χ3n) is 2.05. The smallest absolute Gasteiger partial charge is 0.369 e. The van der Waals surface area contributed by atoms with Gasteiger partial charge in [-0.05, 0) is 18.2 Å². The fourth-order valence-electron chi connectivity index (χ4n) is 1.35. The molecular formula is C10H13ClF3N3S. The molecule has 0 aliphatic rings. The highest BCUT2D eigenvalue weighted by molar-refractivity contribution is 8.00. The third kappa shape index (κ3) is 5.30. The summed E-state index contributed by atoms with van der Waals surface area (Å²) in [4.78, 5) is 7.85. The predicted molar refractivity (Wildman–Crippen MR) is 68.0 cm³/mol. The van der Waals surface area contributed by atoms with Crippen LogP contribution in [0.15, 0.2) is 6.33 Å². The van der Waals surface area contributed by atoms with Gasteiger partial charge in [-0.25, -0.2) is 9.97 Å². The van der Waals surface area contributed by atoms with E-state index in [0.29, 0.717) is 17.4 Å². The van der Waals surface area contributed by atoms with Gasteiger partial charge >= 0.3 is 5.51 Å². The van der Waals surface area contributed by atoms with Crippen LogP contribution in [0.3, 0.4) is 0 Å². The van der Waals surface area contributed by atoms with Gasteiger partial charge in [-0.1, -0.05) is 24.9 Å². The van der Waals surface area contributed by atoms with Crippen molar-refractivity contribution in [3.8, 4) is 0 Å². The van der Waals surface area contributed by atoms with Gasteiger partial charge in [-0.2, -0.15) is 13.2 Å². The Balaban J connectivity index is 2.54. The third-order valence-corrected chi connectivity index (χ3v) is 3.11. The van der Waals surface area contributed by atoms with Crippen molar-refractivity contribution < 1.29 is 13.2 Å². The fourth-order valence-corrected chi connectivity index (χ4v) is 2.01. The first-order valence-corrected chi connectivity index (χ1v) is 6.74. The first-order chi connectivity index (χ1) is 8.44. The highest BCUT2D eigenvalue weighted by atomic mass is 35.5. The zero-order chi connectivity index (χ0) is 13.6. The maximum absolute atomic E-state index is 11.9. The lowest BCUT2D eigenvalue weighted by Crippen LogP contribution is -2.12. The number of hydrogen-bond donors (Lipinski definition) is 1.